The summed E-state index contributed by atoms with van der Waals surface area (Å²) < 4.78 is 35.8. The fourth-order valence-corrected chi connectivity index (χ4v) is 2.83. The van der Waals surface area contributed by atoms with Crippen LogP contribution in [0.15, 0.2) is 18.2 Å². The molecule has 0 saturated carbocycles. The number of benzene rings is 1. The number of ether oxygens (including phenoxy) is 7. The molecule has 1 aromatic rings. The van der Waals surface area contributed by atoms with E-state index < -0.39 is 36.6 Å². The van der Waals surface area contributed by atoms with Crippen molar-refractivity contribution >= 4 is 24.4 Å². The van der Waals surface area contributed by atoms with E-state index in [0.29, 0.717) is 24.8 Å². The van der Waals surface area contributed by atoms with Crippen LogP contribution in [0.1, 0.15) is 66.4 Å². The van der Waals surface area contributed by atoms with Gasteiger partial charge in [-0.05, 0) is 64.2 Å². The standard InChI is InChI=1S/C27H41NO11/c1-8-17(4)35-25(30)34-14-13-28-21(24(29)33-7)15-20-11-12-22(38-26(31)36-18(5)9-2)23(16-20)39-27(32)37-19(6)10-3/h11-12,16-19,21,28H,8-10,13-15H2,1-7H3/t17?,18?,19?,21-/m0/s1. The molecule has 0 radical (unpaired) electrons. The third-order valence-electron chi connectivity index (χ3n) is 5.65. The van der Waals surface area contributed by atoms with Crippen LogP contribution in [0.2, 0.25) is 0 Å². The average Bonchev–Trinajstić information content (AvgIpc) is 2.90. The molecule has 0 aromatic heterocycles. The molecule has 0 fully saturated rings. The number of carbonyl (C=O) groups is 4. The van der Waals surface area contributed by atoms with Gasteiger partial charge in [-0.15, -0.1) is 0 Å². The highest BCUT2D eigenvalue weighted by Gasteiger charge is 2.23. The van der Waals surface area contributed by atoms with Crippen LogP contribution in [-0.2, 0) is 34.9 Å². The summed E-state index contributed by atoms with van der Waals surface area (Å²) in [6.45, 7) is 10.8. The van der Waals surface area contributed by atoms with E-state index in [2.05, 4.69) is 5.32 Å². The molecule has 3 unspecified atom stereocenters. The Morgan fingerprint density at radius 3 is 1.79 bits per heavy atom. The lowest BCUT2D eigenvalue weighted by molar-refractivity contribution is -0.143. The molecule has 0 aliphatic rings. The van der Waals surface area contributed by atoms with Gasteiger partial charge in [-0.3, -0.25) is 4.79 Å². The molecule has 0 aliphatic heterocycles. The Hall–Kier alpha value is -3.54. The zero-order valence-electron chi connectivity index (χ0n) is 23.8. The molecule has 12 heteroatoms. The molecule has 4 atom stereocenters. The fourth-order valence-electron chi connectivity index (χ4n) is 2.83. The van der Waals surface area contributed by atoms with E-state index in [9.17, 15) is 19.2 Å². The Bertz CT molecular complexity index is 936. The van der Waals surface area contributed by atoms with Crippen molar-refractivity contribution in [2.75, 3.05) is 20.3 Å². The monoisotopic (exact) mass is 555 g/mol. The fraction of sp³-hybridized carbons (Fsp3) is 0.630. The van der Waals surface area contributed by atoms with Crippen LogP contribution in [0, 0.1) is 0 Å². The van der Waals surface area contributed by atoms with Gasteiger partial charge in [0.2, 0.25) is 0 Å². The molecular weight excluding hydrogens is 514 g/mol. The zero-order valence-corrected chi connectivity index (χ0v) is 23.8. The normalized spacial score (nSPS) is 13.7. The third-order valence-corrected chi connectivity index (χ3v) is 5.65. The number of rotatable bonds is 15. The molecule has 1 rings (SSSR count). The Morgan fingerprint density at radius 2 is 1.28 bits per heavy atom. The number of carbonyl (C=O) groups excluding carboxylic acids is 4. The highest BCUT2D eigenvalue weighted by atomic mass is 16.8. The molecule has 0 spiro atoms. The van der Waals surface area contributed by atoms with Crippen molar-refractivity contribution in [3.8, 4) is 11.5 Å². The Balaban J connectivity index is 3.00. The number of nitrogens with one attached hydrogen (secondary N) is 1. The first-order valence-electron chi connectivity index (χ1n) is 13.1. The maximum atomic E-state index is 12.4. The van der Waals surface area contributed by atoms with Crippen molar-refractivity contribution in [3.05, 3.63) is 23.8 Å². The Kier molecular flexibility index (Phi) is 15.3. The van der Waals surface area contributed by atoms with E-state index in [4.69, 9.17) is 33.2 Å². The van der Waals surface area contributed by atoms with E-state index in [1.54, 1.807) is 26.8 Å². The van der Waals surface area contributed by atoms with Crippen LogP contribution in [-0.4, -0.2) is 69.1 Å². The Morgan fingerprint density at radius 1 is 0.769 bits per heavy atom. The molecule has 0 heterocycles. The largest absolute Gasteiger partial charge is 0.514 e. The molecule has 220 valence electrons. The number of methoxy groups -OCH3 is 1. The SMILES string of the molecule is CCC(C)OC(=O)OCCN[C@@H](Cc1ccc(OC(=O)OC(C)CC)c(OC(=O)OC(C)CC)c1)C(=O)OC. The summed E-state index contributed by atoms with van der Waals surface area (Å²) in [6.07, 6.45) is -1.84. The van der Waals surface area contributed by atoms with Crippen molar-refractivity contribution in [1.29, 1.82) is 0 Å². The van der Waals surface area contributed by atoms with Crippen LogP contribution in [0.25, 0.3) is 0 Å². The number of esters is 1. The smallest absolute Gasteiger partial charge is 0.468 e. The second kappa shape index (κ2) is 17.9. The van der Waals surface area contributed by atoms with Gasteiger partial charge in [-0.1, -0.05) is 26.8 Å². The second-order valence-electron chi connectivity index (χ2n) is 8.83. The summed E-state index contributed by atoms with van der Waals surface area (Å²) in [5.74, 6) is -0.723. The predicted octanol–water partition coefficient (Wildman–Crippen LogP) is 4.94. The average molecular weight is 556 g/mol. The number of hydrogen-bond donors (Lipinski definition) is 1. The van der Waals surface area contributed by atoms with E-state index in [1.165, 1.54) is 19.2 Å². The van der Waals surface area contributed by atoms with Crippen LogP contribution < -0.4 is 14.8 Å². The van der Waals surface area contributed by atoms with E-state index in [0.717, 1.165) is 0 Å². The molecule has 1 N–H and O–H groups in total. The molecule has 0 bridgehead atoms. The topological polar surface area (TPSA) is 145 Å². The third kappa shape index (κ3) is 13.2. The van der Waals surface area contributed by atoms with Gasteiger partial charge in [-0.25, -0.2) is 14.4 Å². The maximum Gasteiger partial charge on any atom is 0.514 e. The molecule has 12 nitrogen and oxygen atoms in total. The van der Waals surface area contributed by atoms with Crippen molar-refractivity contribution in [3.63, 3.8) is 0 Å². The van der Waals surface area contributed by atoms with Gasteiger partial charge in [0.05, 0.1) is 7.11 Å². The van der Waals surface area contributed by atoms with E-state index in [1.807, 2.05) is 20.8 Å². The molecule has 0 amide bonds. The zero-order chi connectivity index (χ0) is 29.4. The van der Waals surface area contributed by atoms with Crippen molar-refractivity contribution < 1.29 is 52.3 Å². The van der Waals surface area contributed by atoms with Crippen LogP contribution in [0.4, 0.5) is 14.4 Å². The summed E-state index contributed by atoms with van der Waals surface area (Å²) >= 11 is 0. The molecule has 0 aliphatic carbocycles. The summed E-state index contributed by atoms with van der Waals surface area (Å²) in [4.78, 5) is 48.5. The van der Waals surface area contributed by atoms with Gasteiger partial charge in [0, 0.05) is 6.54 Å². The highest BCUT2D eigenvalue weighted by molar-refractivity contribution is 5.76. The van der Waals surface area contributed by atoms with Crippen molar-refractivity contribution in [1.82, 2.24) is 5.32 Å². The minimum absolute atomic E-state index is 0.0380. The summed E-state index contributed by atoms with van der Waals surface area (Å²) in [5, 5.41) is 2.97. The maximum absolute atomic E-state index is 12.4. The summed E-state index contributed by atoms with van der Waals surface area (Å²) in [6, 6.07) is 3.63. The quantitative estimate of drug-likeness (QED) is 0.135. The van der Waals surface area contributed by atoms with Crippen molar-refractivity contribution in [2.24, 2.45) is 0 Å². The lowest BCUT2D eigenvalue weighted by Gasteiger charge is -2.18. The first-order valence-corrected chi connectivity index (χ1v) is 13.1. The van der Waals surface area contributed by atoms with Gasteiger partial charge >= 0.3 is 24.4 Å². The van der Waals surface area contributed by atoms with Crippen molar-refractivity contribution in [2.45, 2.75) is 91.6 Å². The predicted molar refractivity (Wildman–Crippen MR) is 140 cm³/mol. The van der Waals surface area contributed by atoms with Gasteiger partial charge in [0.1, 0.15) is 31.0 Å². The first-order chi connectivity index (χ1) is 18.5. The lowest BCUT2D eigenvalue weighted by Crippen LogP contribution is -2.41. The Labute approximate surface area is 229 Å². The summed E-state index contributed by atoms with van der Waals surface area (Å²) in [7, 11) is 1.25. The van der Waals surface area contributed by atoms with Crippen LogP contribution in [0.3, 0.4) is 0 Å². The van der Waals surface area contributed by atoms with Gasteiger partial charge in [0.15, 0.2) is 11.5 Å². The number of hydrogen-bond acceptors (Lipinski definition) is 12. The van der Waals surface area contributed by atoms with Gasteiger partial charge < -0.3 is 38.5 Å². The second-order valence-corrected chi connectivity index (χ2v) is 8.83. The minimum Gasteiger partial charge on any atom is -0.468 e. The highest BCUT2D eigenvalue weighted by Crippen LogP contribution is 2.30. The van der Waals surface area contributed by atoms with Crippen LogP contribution in [0.5, 0.6) is 11.5 Å². The molecular formula is C27H41NO11. The summed E-state index contributed by atoms with van der Waals surface area (Å²) in [5.41, 5.74) is 0.545. The molecule has 0 saturated heterocycles. The van der Waals surface area contributed by atoms with Crippen LogP contribution >= 0.6 is 0 Å². The lowest BCUT2D eigenvalue weighted by atomic mass is 10.1. The van der Waals surface area contributed by atoms with Gasteiger partial charge in [0.25, 0.3) is 0 Å². The van der Waals surface area contributed by atoms with Gasteiger partial charge in [-0.2, -0.15) is 0 Å². The van der Waals surface area contributed by atoms with E-state index in [-0.39, 0.29) is 43.3 Å². The molecule has 1 aromatic carbocycles. The minimum atomic E-state index is -0.981. The first kappa shape index (κ1) is 33.5. The molecule has 39 heavy (non-hydrogen) atoms. The van der Waals surface area contributed by atoms with E-state index >= 15 is 0 Å².